The van der Waals surface area contributed by atoms with Crippen LogP contribution in [0.5, 0.6) is 5.75 Å². The molecule has 1 aliphatic rings. The number of benzene rings is 2. The lowest BCUT2D eigenvalue weighted by atomic mass is 10.2. The number of ether oxygens (including phenoxy) is 1. The number of amides is 3. The van der Waals surface area contributed by atoms with Gasteiger partial charge in [0.2, 0.25) is 17.7 Å². The van der Waals surface area contributed by atoms with Crippen LogP contribution in [0.2, 0.25) is 0 Å². The van der Waals surface area contributed by atoms with Crippen molar-refractivity contribution in [2.24, 2.45) is 0 Å². The van der Waals surface area contributed by atoms with E-state index in [2.05, 4.69) is 5.32 Å². The third-order valence-electron chi connectivity index (χ3n) is 5.03. The van der Waals surface area contributed by atoms with Crippen molar-refractivity contribution in [3.63, 3.8) is 0 Å². The maximum atomic E-state index is 12.8. The highest BCUT2D eigenvalue weighted by molar-refractivity contribution is 7.99. The van der Waals surface area contributed by atoms with Gasteiger partial charge in [0.1, 0.15) is 5.75 Å². The Morgan fingerprint density at radius 3 is 2.61 bits per heavy atom. The first-order chi connectivity index (χ1) is 15.0. The number of fused-ring (bicyclic) bond motifs is 1. The molecule has 0 spiro atoms. The predicted molar refractivity (Wildman–Crippen MR) is 123 cm³/mol. The van der Waals surface area contributed by atoms with E-state index in [0.29, 0.717) is 24.5 Å². The minimum Gasteiger partial charge on any atom is -0.495 e. The molecule has 0 unspecified atom stereocenters. The number of hydrogen-bond acceptors (Lipinski definition) is 5. The summed E-state index contributed by atoms with van der Waals surface area (Å²) in [5.41, 5.74) is 1.45. The fourth-order valence-electron chi connectivity index (χ4n) is 3.42. The zero-order valence-electron chi connectivity index (χ0n) is 17.8. The number of carbonyl (C=O) groups is 3. The molecule has 1 heterocycles. The average molecular weight is 442 g/mol. The summed E-state index contributed by atoms with van der Waals surface area (Å²) in [5.74, 6) is 0.783. The van der Waals surface area contributed by atoms with E-state index in [-0.39, 0.29) is 37.1 Å². The first-order valence-corrected chi connectivity index (χ1v) is 11.2. The van der Waals surface area contributed by atoms with Gasteiger partial charge in [0, 0.05) is 36.6 Å². The van der Waals surface area contributed by atoms with E-state index in [4.69, 9.17) is 4.74 Å². The van der Waals surface area contributed by atoms with Crippen LogP contribution in [0.4, 0.5) is 11.4 Å². The summed E-state index contributed by atoms with van der Waals surface area (Å²) in [6.07, 6.45) is 0.183. The number of likely N-dealkylation sites (N-methyl/N-ethyl adjacent to an activating group) is 1. The molecule has 3 rings (SSSR count). The summed E-state index contributed by atoms with van der Waals surface area (Å²) in [4.78, 5) is 42.2. The van der Waals surface area contributed by atoms with Gasteiger partial charge in [0.25, 0.3) is 0 Å². The molecule has 0 saturated heterocycles. The van der Waals surface area contributed by atoms with Crippen molar-refractivity contribution in [1.29, 1.82) is 0 Å². The molecule has 2 aromatic rings. The van der Waals surface area contributed by atoms with Gasteiger partial charge in [-0.3, -0.25) is 14.4 Å². The summed E-state index contributed by atoms with van der Waals surface area (Å²) < 4.78 is 5.23. The van der Waals surface area contributed by atoms with Gasteiger partial charge in [0.15, 0.2) is 0 Å². The van der Waals surface area contributed by atoms with Crippen LogP contribution in [0.1, 0.15) is 19.8 Å². The van der Waals surface area contributed by atoms with Crippen molar-refractivity contribution < 1.29 is 19.1 Å². The van der Waals surface area contributed by atoms with E-state index in [1.165, 1.54) is 12.0 Å². The van der Waals surface area contributed by atoms with Crippen LogP contribution in [-0.2, 0) is 14.4 Å². The van der Waals surface area contributed by atoms with Crippen LogP contribution in [0.3, 0.4) is 0 Å². The summed E-state index contributed by atoms with van der Waals surface area (Å²) in [6, 6.07) is 14.9. The monoisotopic (exact) mass is 441 g/mol. The number of carbonyl (C=O) groups excluding carboxylic acids is 3. The normalized spacial score (nSPS) is 12.6. The lowest BCUT2D eigenvalue weighted by molar-refractivity contribution is -0.135. The van der Waals surface area contributed by atoms with Crippen LogP contribution in [0, 0.1) is 0 Å². The molecule has 7 nitrogen and oxygen atoms in total. The number of nitrogens with zero attached hydrogens (tertiary/aromatic N) is 2. The third-order valence-corrected chi connectivity index (χ3v) is 6.08. The van der Waals surface area contributed by atoms with Gasteiger partial charge >= 0.3 is 0 Å². The van der Waals surface area contributed by atoms with Crippen LogP contribution < -0.4 is 15.0 Å². The maximum Gasteiger partial charge on any atom is 0.244 e. The molecule has 0 atom stereocenters. The number of methoxy groups -OCH3 is 1. The second-order valence-corrected chi connectivity index (χ2v) is 8.15. The SMILES string of the molecule is CCN(CC(=O)Nc1ccccc1OC)C(=O)CCC(=O)N1CCSc2ccccc21. The van der Waals surface area contributed by atoms with E-state index in [9.17, 15) is 14.4 Å². The van der Waals surface area contributed by atoms with Crippen molar-refractivity contribution in [3.05, 3.63) is 48.5 Å². The van der Waals surface area contributed by atoms with Gasteiger partial charge in [-0.15, -0.1) is 11.8 Å². The van der Waals surface area contributed by atoms with Crippen molar-refractivity contribution in [2.75, 3.05) is 42.7 Å². The Labute approximate surface area is 186 Å². The lowest BCUT2D eigenvalue weighted by Crippen LogP contribution is -2.39. The minimum atomic E-state index is -0.312. The third kappa shape index (κ3) is 5.79. The lowest BCUT2D eigenvalue weighted by Gasteiger charge is -2.29. The highest BCUT2D eigenvalue weighted by atomic mass is 32.2. The molecule has 2 aromatic carbocycles. The van der Waals surface area contributed by atoms with Crippen LogP contribution in [0.25, 0.3) is 0 Å². The Morgan fingerprint density at radius 2 is 1.84 bits per heavy atom. The van der Waals surface area contributed by atoms with Crippen LogP contribution in [-0.4, -0.2) is 55.1 Å². The van der Waals surface area contributed by atoms with Gasteiger partial charge in [-0.1, -0.05) is 24.3 Å². The standard InChI is InChI=1S/C23H27N3O4S/c1-3-25(16-21(27)24-17-8-4-6-10-19(17)30-2)22(28)12-13-23(29)26-14-15-31-20-11-7-5-9-18(20)26/h4-11H,3,12-16H2,1-2H3,(H,24,27). The minimum absolute atomic E-state index is 0.0699. The van der Waals surface area contributed by atoms with E-state index >= 15 is 0 Å². The predicted octanol–water partition coefficient (Wildman–Crippen LogP) is 3.40. The number of anilines is 2. The van der Waals surface area contributed by atoms with E-state index < -0.39 is 0 Å². The molecule has 1 N–H and O–H groups in total. The zero-order valence-corrected chi connectivity index (χ0v) is 18.6. The second-order valence-electron chi connectivity index (χ2n) is 7.02. The van der Waals surface area contributed by atoms with Crippen molar-refractivity contribution in [1.82, 2.24) is 4.90 Å². The molecule has 0 fully saturated rings. The zero-order chi connectivity index (χ0) is 22.2. The molecule has 1 aliphatic heterocycles. The molecule has 0 radical (unpaired) electrons. The Balaban J connectivity index is 1.54. The smallest absolute Gasteiger partial charge is 0.244 e. The second kappa shape index (κ2) is 10.9. The number of para-hydroxylation sites is 3. The van der Waals surface area contributed by atoms with Crippen LogP contribution in [0.15, 0.2) is 53.4 Å². The number of nitrogens with one attached hydrogen (secondary N) is 1. The summed E-state index contributed by atoms with van der Waals surface area (Å²) in [7, 11) is 1.53. The van der Waals surface area contributed by atoms with Crippen molar-refractivity contribution in [3.8, 4) is 5.75 Å². The molecular weight excluding hydrogens is 414 g/mol. The van der Waals surface area contributed by atoms with Gasteiger partial charge in [-0.2, -0.15) is 0 Å². The fraction of sp³-hybridized carbons (Fsp3) is 0.348. The topological polar surface area (TPSA) is 79.0 Å². The molecule has 0 aromatic heterocycles. The molecular formula is C23H27N3O4S. The van der Waals surface area contributed by atoms with Gasteiger partial charge < -0.3 is 19.9 Å². The van der Waals surface area contributed by atoms with Gasteiger partial charge in [-0.25, -0.2) is 0 Å². The largest absolute Gasteiger partial charge is 0.495 e. The molecule has 0 saturated carbocycles. The summed E-state index contributed by atoms with van der Waals surface area (Å²) >= 11 is 1.73. The van der Waals surface area contributed by atoms with E-state index in [1.54, 1.807) is 34.9 Å². The Hall–Kier alpha value is -3.00. The van der Waals surface area contributed by atoms with Crippen LogP contribution >= 0.6 is 11.8 Å². The molecule has 164 valence electrons. The average Bonchev–Trinajstić information content (AvgIpc) is 2.80. The quantitative estimate of drug-likeness (QED) is 0.679. The Bertz CT molecular complexity index is 950. The van der Waals surface area contributed by atoms with Crippen molar-refractivity contribution in [2.45, 2.75) is 24.7 Å². The molecule has 0 aliphatic carbocycles. The fourth-order valence-corrected chi connectivity index (χ4v) is 4.42. The number of rotatable bonds is 8. The summed E-state index contributed by atoms with van der Waals surface area (Å²) in [5, 5.41) is 2.77. The Morgan fingerprint density at radius 1 is 1.10 bits per heavy atom. The molecule has 8 heteroatoms. The number of thioether (sulfide) groups is 1. The van der Waals surface area contributed by atoms with Gasteiger partial charge in [0.05, 0.1) is 25.0 Å². The maximum absolute atomic E-state index is 12.8. The summed E-state index contributed by atoms with van der Waals surface area (Å²) in [6.45, 7) is 2.75. The molecule has 3 amide bonds. The first-order valence-electron chi connectivity index (χ1n) is 10.3. The van der Waals surface area contributed by atoms with Gasteiger partial charge in [-0.05, 0) is 31.2 Å². The molecule has 0 bridgehead atoms. The highest BCUT2D eigenvalue weighted by Crippen LogP contribution is 2.34. The first kappa shape index (κ1) is 22.7. The van der Waals surface area contributed by atoms with E-state index in [0.717, 1.165) is 16.3 Å². The highest BCUT2D eigenvalue weighted by Gasteiger charge is 2.24. The number of hydrogen-bond donors (Lipinski definition) is 1. The van der Waals surface area contributed by atoms with E-state index in [1.807, 2.05) is 37.3 Å². The van der Waals surface area contributed by atoms with Crippen molar-refractivity contribution >= 4 is 40.9 Å². The Kier molecular flexibility index (Phi) is 7.94. The molecule has 31 heavy (non-hydrogen) atoms.